The zero-order valence-corrected chi connectivity index (χ0v) is 10.7. The van der Waals surface area contributed by atoms with Crippen molar-refractivity contribution in [3.05, 3.63) is 71.5 Å². The van der Waals surface area contributed by atoms with Crippen molar-refractivity contribution >= 4 is 6.21 Å². The monoisotopic (exact) mass is 257 g/mol. The first kappa shape index (κ1) is 13.4. The van der Waals surface area contributed by atoms with Crippen LogP contribution in [0.5, 0.6) is 0 Å². The van der Waals surface area contributed by atoms with Gasteiger partial charge in [-0.3, -0.25) is 4.99 Å². The van der Waals surface area contributed by atoms with Gasteiger partial charge < -0.3 is 5.11 Å². The predicted octanol–water partition coefficient (Wildman–Crippen LogP) is 3.37. The highest BCUT2D eigenvalue weighted by Crippen LogP contribution is 2.18. The van der Waals surface area contributed by atoms with Crippen LogP contribution in [0, 0.1) is 5.82 Å². The topological polar surface area (TPSA) is 32.6 Å². The summed E-state index contributed by atoms with van der Waals surface area (Å²) in [6.07, 6.45) is 1.01. The molecular weight excluding hydrogens is 241 g/mol. The number of aliphatic imine (C=N–C) groups is 1. The van der Waals surface area contributed by atoms with Crippen molar-refractivity contribution in [1.82, 2.24) is 0 Å². The third kappa shape index (κ3) is 3.73. The van der Waals surface area contributed by atoms with E-state index in [-0.39, 0.29) is 11.9 Å². The van der Waals surface area contributed by atoms with Gasteiger partial charge in [0.2, 0.25) is 0 Å². The Labute approximate surface area is 112 Å². The van der Waals surface area contributed by atoms with E-state index in [1.165, 1.54) is 12.1 Å². The lowest BCUT2D eigenvalue weighted by Crippen LogP contribution is -2.12. The van der Waals surface area contributed by atoms with Crippen LogP contribution in [0.3, 0.4) is 0 Å². The Morgan fingerprint density at radius 3 is 2.32 bits per heavy atom. The van der Waals surface area contributed by atoms with Gasteiger partial charge in [0.1, 0.15) is 11.9 Å². The summed E-state index contributed by atoms with van der Waals surface area (Å²) in [7, 11) is 0. The lowest BCUT2D eigenvalue weighted by molar-refractivity contribution is 0.154. The maximum atomic E-state index is 12.8. The quantitative estimate of drug-likeness (QED) is 0.837. The Hall–Kier alpha value is -2.00. The van der Waals surface area contributed by atoms with Crippen molar-refractivity contribution in [1.29, 1.82) is 0 Å². The van der Waals surface area contributed by atoms with E-state index >= 15 is 0 Å². The van der Waals surface area contributed by atoms with Crippen molar-refractivity contribution in [3.63, 3.8) is 0 Å². The summed E-state index contributed by atoms with van der Waals surface area (Å²) in [6, 6.07) is 15.2. The number of hydrogen-bond donors (Lipinski definition) is 1. The van der Waals surface area contributed by atoms with Crippen LogP contribution in [-0.2, 0) is 0 Å². The summed E-state index contributed by atoms with van der Waals surface area (Å²) < 4.78 is 12.8. The number of aliphatic hydroxyl groups excluding tert-OH is 1. The molecule has 0 saturated heterocycles. The van der Waals surface area contributed by atoms with E-state index in [0.717, 1.165) is 11.1 Å². The molecule has 0 aliphatic rings. The van der Waals surface area contributed by atoms with Crippen LogP contribution < -0.4 is 0 Å². The van der Waals surface area contributed by atoms with Gasteiger partial charge in [-0.05, 0) is 30.2 Å². The van der Waals surface area contributed by atoms with E-state index in [2.05, 4.69) is 4.99 Å². The molecule has 0 amide bonds. The Morgan fingerprint density at radius 2 is 1.68 bits per heavy atom. The van der Waals surface area contributed by atoms with Crippen LogP contribution in [0.4, 0.5) is 4.39 Å². The third-order valence-corrected chi connectivity index (χ3v) is 2.93. The average molecular weight is 257 g/mol. The van der Waals surface area contributed by atoms with E-state index < -0.39 is 6.10 Å². The molecule has 0 fully saturated rings. The van der Waals surface area contributed by atoms with Crippen LogP contribution in [-0.4, -0.2) is 17.4 Å². The fourth-order valence-electron chi connectivity index (χ4n) is 1.76. The largest absolute Gasteiger partial charge is 0.386 e. The minimum atomic E-state index is -0.641. The van der Waals surface area contributed by atoms with Gasteiger partial charge in [-0.1, -0.05) is 42.5 Å². The molecule has 2 nitrogen and oxygen atoms in total. The highest BCUT2D eigenvalue weighted by molar-refractivity contribution is 5.79. The molecule has 0 radical (unpaired) electrons. The summed E-state index contributed by atoms with van der Waals surface area (Å²) in [6.45, 7) is 1.84. The first-order chi connectivity index (χ1) is 9.16. The molecule has 2 aromatic rings. The van der Waals surface area contributed by atoms with Crippen molar-refractivity contribution in [2.75, 3.05) is 0 Å². The van der Waals surface area contributed by atoms with Crippen molar-refractivity contribution < 1.29 is 9.50 Å². The summed E-state index contributed by atoms with van der Waals surface area (Å²) in [5.41, 5.74) is 1.65. The molecule has 2 aromatic carbocycles. The Kier molecular flexibility index (Phi) is 4.42. The van der Waals surface area contributed by atoms with Gasteiger partial charge in [-0.15, -0.1) is 0 Å². The third-order valence-electron chi connectivity index (χ3n) is 2.93. The van der Waals surface area contributed by atoms with Crippen molar-refractivity contribution in [3.8, 4) is 0 Å². The van der Waals surface area contributed by atoms with Crippen LogP contribution in [0.25, 0.3) is 0 Å². The average Bonchev–Trinajstić information content (AvgIpc) is 2.46. The van der Waals surface area contributed by atoms with Crippen LogP contribution >= 0.6 is 0 Å². The van der Waals surface area contributed by atoms with Crippen molar-refractivity contribution in [2.45, 2.75) is 19.1 Å². The van der Waals surface area contributed by atoms with Gasteiger partial charge in [0.05, 0.1) is 6.04 Å². The van der Waals surface area contributed by atoms with Crippen molar-refractivity contribution in [2.24, 2.45) is 4.99 Å². The SMILES string of the molecule is C[C@@H](N=Cc1ccc(F)cc1)[C@H](O)c1ccccc1. The van der Waals surface area contributed by atoms with E-state index in [4.69, 9.17) is 0 Å². The summed E-state index contributed by atoms with van der Waals surface area (Å²) in [5, 5.41) is 10.1. The van der Waals surface area contributed by atoms with Gasteiger partial charge in [-0.2, -0.15) is 0 Å². The molecule has 19 heavy (non-hydrogen) atoms. The van der Waals surface area contributed by atoms with Gasteiger partial charge in [-0.25, -0.2) is 4.39 Å². The number of hydrogen-bond acceptors (Lipinski definition) is 2. The molecule has 0 aliphatic carbocycles. The minimum absolute atomic E-state index is 0.257. The Bertz CT molecular complexity index is 536. The fourth-order valence-corrected chi connectivity index (χ4v) is 1.76. The zero-order chi connectivity index (χ0) is 13.7. The number of rotatable bonds is 4. The molecule has 2 rings (SSSR count). The molecule has 0 heterocycles. The second-order valence-electron chi connectivity index (χ2n) is 4.43. The Balaban J connectivity index is 2.04. The summed E-state index contributed by atoms with van der Waals surface area (Å²) >= 11 is 0. The molecule has 0 aliphatic heterocycles. The fraction of sp³-hybridized carbons (Fsp3) is 0.188. The molecule has 2 atom stereocenters. The van der Waals surface area contributed by atoms with Gasteiger partial charge in [0.25, 0.3) is 0 Å². The minimum Gasteiger partial charge on any atom is -0.386 e. The molecule has 0 saturated carbocycles. The number of nitrogens with zero attached hydrogens (tertiary/aromatic N) is 1. The molecular formula is C16H16FNO. The summed E-state index contributed by atoms with van der Waals surface area (Å²) in [5.74, 6) is -0.269. The van der Waals surface area contributed by atoms with E-state index in [1.54, 1.807) is 18.3 Å². The Morgan fingerprint density at radius 1 is 1.05 bits per heavy atom. The first-order valence-electron chi connectivity index (χ1n) is 6.18. The maximum Gasteiger partial charge on any atom is 0.123 e. The van der Waals surface area contributed by atoms with Crippen LogP contribution in [0.1, 0.15) is 24.2 Å². The lowest BCUT2D eigenvalue weighted by Gasteiger charge is -2.15. The highest BCUT2D eigenvalue weighted by Gasteiger charge is 2.14. The van der Waals surface area contributed by atoms with Crippen LogP contribution in [0.15, 0.2) is 59.6 Å². The molecule has 0 bridgehead atoms. The molecule has 0 unspecified atom stereocenters. The molecule has 0 aromatic heterocycles. The molecule has 98 valence electrons. The number of aliphatic hydroxyl groups is 1. The molecule has 0 spiro atoms. The molecule has 3 heteroatoms. The zero-order valence-electron chi connectivity index (χ0n) is 10.7. The van der Waals surface area contributed by atoms with E-state index in [0.29, 0.717) is 0 Å². The number of benzene rings is 2. The van der Waals surface area contributed by atoms with Gasteiger partial charge in [0, 0.05) is 6.21 Å². The van der Waals surface area contributed by atoms with Gasteiger partial charge in [0.15, 0.2) is 0 Å². The van der Waals surface area contributed by atoms with Gasteiger partial charge >= 0.3 is 0 Å². The molecule has 1 N–H and O–H groups in total. The smallest absolute Gasteiger partial charge is 0.123 e. The standard InChI is InChI=1S/C16H16FNO/c1-12(16(19)14-5-3-2-4-6-14)18-11-13-7-9-15(17)10-8-13/h2-12,16,19H,1H3/t12-,16+/m1/s1. The normalized spacial score (nSPS) is 14.5. The highest BCUT2D eigenvalue weighted by atomic mass is 19.1. The number of halogens is 1. The predicted molar refractivity (Wildman–Crippen MR) is 74.9 cm³/mol. The van der Waals surface area contributed by atoms with Crippen LogP contribution in [0.2, 0.25) is 0 Å². The maximum absolute atomic E-state index is 12.8. The second kappa shape index (κ2) is 6.25. The van der Waals surface area contributed by atoms with E-state index in [1.807, 2.05) is 37.3 Å². The second-order valence-corrected chi connectivity index (χ2v) is 4.43. The first-order valence-corrected chi connectivity index (χ1v) is 6.18. The summed E-state index contributed by atoms with van der Waals surface area (Å²) in [4.78, 5) is 4.30. The van der Waals surface area contributed by atoms with E-state index in [9.17, 15) is 9.50 Å². The lowest BCUT2D eigenvalue weighted by atomic mass is 10.0.